The molecule has 0 aliphatic rings. The quantitative estimate of drug-likeness (QED) is 0.800. The molecule has 0 fully saturated rings. The highest BCUT2D eigenvalue weighted by molar-refractivity contribution is 9.10. The van der Waals surface area contributed by atoms with Gasteiger partial charge >= 0.3 is 6.18 Å². The number of hydrogen-bond donors (Lipinski definition) is 2. The average molecular weight is 371 g/mol. The van der Waals surface area contributed by atoms with E-state index in [4.69, 9.17) is 10.8 Å². The first-order valence-electron chi connectivity index (χ1n) is 4.70. The van der Waals surface area contributed by atoms with Gasteiger partial charge in [0.05, 0.1) is 11.6 Å². The van der Waals surface area contributed by atoms with Gasteiger partial charge in [0.15, 0.2) is 0 Å². The van der Waals surface area contributed by atoms with E-state index in [-0.39, 0.29) is 16.9 Å². The molecule has 19 heavy (non-hydrogen) atoms. The molecule has 1 aromatic rings. The zero-order valence-corrected chi connectivity index (χ0v) is 11.6. The molecule has 0 aliphatic heterocycles. The fraction of sp³-hybridized carbons (Fsp3) is 0.400. The first kappa shape index (κ1) is 18.6. The van der Waals surface area contributed by atoms with Crippen molar-refractivity contribution in [3.63, 3.8) is 0 Å². The number of halogens is 7. The fourth-order valence-electron chi connectivity index (χ4n) is 1.28. The van der Waals surface area contributed by atoms with Gasteiger partial charge in [-0.15, -0.1) is 12.4 Å². The second kappa shape index (κ2) is 6.34. The molecule has 0 heterocycles. The Bertz CT molecular complexity index is 440. The number of aliphatic hydroxyl groups excluding tert-OH is 1. The molecule has 3 N–H and O–H groups in total. The molecule has 0 aliphatic carbocycles. The maximum Gasteiger partial charge on any atom is 0.416 e. The number of benzene rings is 1. The molecule has 0 saturated heterocycles. The first-order chi connectivity index (χ1) is 8.09. The standard InChI is InChI=1S/C10H9BrF5NO.ClH/c11-7-2-1-5(10(14,15)16)3-6(7)8(17)9(12,13)4-18;/h1-3,8,18H,4,17H2;1H/t8-;/m0./s1. The van der Waals surface area contributed by atoms with Crippen molar-refractivity contribution in [2.24, 2.45) is 5.73 Å². The van der Waals surface area contributed by atoms with Crippen LogP contribution in [0.3, 0.4) is 0 Å². The highest BCUT2D eigenvalue weighted by Crippen LogP contribution is 2.37. The van der Waals surface area contributed by atoms with Gasteiger partial charge in [-0.05, 0) is 23.8 Å². The van der Waals surface area contributed by atoms with Crippen molar-refractivity contribution in [3.05, 3.63) is 33.8 Å². The summed E-state index contributed by atoms with van der Waals surface area (Å²) < 4.78 is 63.7. The minimum atomic E-state index is -4.65. The zero-order chi connectivity index (χ0) is 14.1. The Labute approximate surface area is 120 Å². The normalized spacial score (nSPS) is 13.9. The second-order valence-corrected chi connectivity index (χ2v) is 4.49. The lowest BCUT2D eigenvalue weighted by Crippen LogP contribution is -2.36. The van der Waals surface area contributed by atoms with Crippen molar-refractivity contribution in [1.29, 1.82) is 0 Å². The summed E-state index contributed by atoms with van der Waals surface area (Å²) in [5.74, 6) is -3.70. The van der Waals surface area contributed by atoms with E-state index in [0.717, 1.165) is 12.1 Å². The summed E-state index contributed by atoms with van der Waals surface area (Å²) in [6, 6.07) is 0.250. The van der Waals surface area contributed by atoms with Gasteiger partial charge in [-0.1, -0.05) is 15.9 Å². The maximum atomic E-state index is 13.2. The summed E-state index contributed by atoms with van der Waals surface area (Å²) in [5.41, 5.74) is 3.70. The molecule has 0 aromatic heterocycles. The lowest BCUT2D eigenvalue weighted by molar-refractivity contribution is -0.137. The highest BCUT2D eigenvalue weighted by Gasteiger charge is 2.39. The van der Waals surface area contributed by atoms with Crippen LogP contribution in [0.25, 0.3) is 0 Å². The van der Waals surface area contributed by atoms with Gasteiger partial charge in [-0.25, -0.2) is 8.78 Å². The molecule has 0 spiro atoms. The van der Waals surface area contributed by atoms with Gasteiger partial charge < -0.3 is 10.8 Å². The van der Waals surface area contributed by atoms with Crippen LogP contribution < -0.4 is 5.73 Å². The largest absolute Gasteiger partial charge is 0.416 e. The van der Waals surface area contributed by atoms with E-state index < -0.39 is 35.9 Å². The lowest BCUT2D eigenvalue weighted by Gasteiger charge is -2.23. The smallest absolute Gasteiger partial charge is 0.390 e. The van der Waals surface area contributed by atoms with E-state index in [9.17, 15) is 22.0 Å². The zero-order valence-electron chi connectivity index (χ0n) is 9.22. The number of hydrogen-bond acceptors (Lipinski definition) is 2. The molecule has 1 atom stereocenters. The number of aliphatic hydroxyl groups is 1. The van der Waals surface area contributed by atoms with Crippen molar-refractivity contribution in [2.75, 3.05) is 6.61 Å². The molecule has 0 unspecified atom stereocenters. The lowest BCUT2D eigenvalue weighted by atomic mass is 9.99. The van der Waals surface area contributed by atoms with Gasteiger partial charge in [-0.3, -0.25) is 0 Å². The molecular weight excluding hydrogens is 360 g/mol. The van der Waals surface area contributed by atoms with Crippen molar-refractivity contribution < 1.29 is 27.1 Å². The number of rotatable bonds is 3. The Morgan fingerprint density at radius 2 is 1.74 bits per heavy atom. The van der Waals surface area contributed by atoms with E-state index in [1.54, 1.807) is 0 Å². The van der Waals surface area contributed by atoms with Gasteiger partial charge in [0.1, 0.15) is 6.61 Å². The molecule has 0 saturated carbocycles. The summed E-state index contributed by atoms with van der Waals surface area (Å²) in [6.07, 6.45) is -4.65. The summed E-state index contributed by atoms with van der Waals surface area (Å²) in [5, 5.41) is 8.48. The second-order valence-electron chi connectivity index (χ2n) is 3.63. The minimum Gasteiger partial charge on any atom is -0.390 e. The van der Waals surface area contributed by atoms with Crippen LogP contribution in [-0.4, -0.2) is 17.6 Å². The Morgan fingerprint density at radius 1 is 1.21 bits per heavy atom. The molecule has 0 amide bonds. The Kier molecular flexibility index (Phi) is 6.19. The van der Waals surface area contributed by atoms with Crippen LogP contribution in [0.2, 0.25) is 0 Å². The third-order valence-corrected chi connectivity index (χ3v) is 3.05. The van der Waals surface area contributed by atoms with Crippen LogP contribution in [0.5, 0.6) is 0 Å². The molecule has 1 rings (SSSR count). The van der Waals surface area contributed by atoms with Crippen molar-refractivity contribution in [3.8, 4) is 0 Å². The number of alkyl halides is 5. The monoisotopic (exact) mass is 369 g/mol. The molecule has 110 valence electrons. The van der Waals surface area contributed by atoms with E-state index in [0.29, 0.717) is 6.07 Å². The van der Waals surface area contributed by atoms with Crippen molar-refractivity contribution in [1.82, 2.24) is 0 Å². The molecule has 0 bridgehead atoms. The molecule has 2 nitrogen and oxygen atoms in total. The van der Waals surface area contributed by atoms with Gasteiger partial charge in [0, 0.05) is 4.47 Å². The third-order valence-electron chi connectivity index (χ3n) is 2.32. The van der Waals surface area contributed by atoms with Gasteiger partial charge in [0.2, 0.25) is 0 Å². The predicted molar refractivity (Wildman–Crippen MR) is 65.4 cm³/mol. The first-order valence-corrected chi connectivity index (χ1v) is 5.50. The third kappa shape index (κ3) is 4.27. The SMILES string of the molecule is Cl.N[C@@H](c1cc(C(F)(F)F)ccc1Br)C(F)(F)CO. The van der Waals surface area contributed by atoms with Crippen molar-refractivity contribution in [2.45, 2.75) is 18.1 Å². The number of nitrogens with two attached hydrogens (primary N) is 1. The van der Waals surface area contributed by atoms with E-state index in [1.165, 1.54) is 0 Å². The summed E-state index contributed by atoms with van der Waals surface area (Å²) in [7, 11) is 0. The maximum absolute atomic E-state index is 13.2. The van der Waals surface area contributed by atoms with Gasteiger partial charge in [0.25, 0.3) is 5.92 Å². The van der Waals surface area contributed by atoms with E-state index in [2.05, 4.69) is 15.9 Å². The summed E-state index contributed by atoms with van der Waals surface area (Å²) in [4.78, 5) is 0. The summed E-state index contributed by atoms with van der Waals surface area (Å²) in [6.45, 7) is -1.54. The molecule has 9 heteroatoms. The Hall–Kier alpha value is -0.440. The molecular formula is C10H10BrClF5NO. The predicted octanol–water partition coefficient (Wildman–Crippen LogP) is 3.52. The van der Waals surface area contributed by atoms with Crippen LogP contribution >= 0.6 is 28.3 Å². The van der Waals surface area contributed by atoms with Crippen LogP contribution in [0.15, 0.2) is 22.7 Å². The minimum absolute atomic E-state index is 0. The van der Waals surface area contributed by atoms with Crippen LogP contribution in [0, 0.1) is 0 Å². The van der Waals surface area contributed by atoms with Gasteiger partial charge in [-0.2, -0.15) is 13.2 Å². The molecule has 1 aromatic carbocycles. The fourth-order valence-corrected chi connectivity index (χ4v) is 1.78. The topological polar surface area (TPSA) is 46.2 Å². The van der Waals surface area contributed by atoms with E-state index in [1.807, 2.05) is 0 Å². The van der Waals surface area contributed by atoms with Crippen LogP contribution in [0.1, 0.15) is 17.2 Å². The van der Waals surface area contributed by atoms with Crippen LogP contribution in [0.4, 0.5) is 22.0 Å². The Morgan fingerprint density at radius 3 is 2.16 bits per heavy atom. The average Bonchev–Trinajstić information content (AvgIpc) is 2.27. The Balaban J connectivity index is 0.00000324. The van der Waals surface area contributed by atoms with E-state index >= 15 is 0 Å². The van der Waals surface area contributed by atoms with Crippen molar-refractivity contribution >= 4 is 28.3 Å². The molecule has 0 radical (unpaired) electrons. The highest BCUT2D eigenvalue weighted by atomic mass is 79.9. The van der Waals surface area contributed by atoms with Crippen LogP contribution in [-0.2, 0) is 6.18 Å². The summed E-state index contributed by atoms with van der Waals surface area (Å²) >= 11 is 2.86.